The van der Waals surface area contributed by atoms with Crippen LogP contribution < -0.4 is 0 Å². The average Bonchev–Trinajstić information content (AvgIpc) is 3.30. The third-order valence-electron chi connectivity index (χ3n) is 6.40. The van der Waals surface area contributed by atoms with E-state index in [-0.39, 0.29) is 16.1 Å². The summed E-state index contributed by atoms with van der Waals surface area (Å²) in [6, 6.07) is 9.78. The van der Waals surface area contributed by atoms with E-state index in [1.807, 2.05) is 0 Å². The number of hydrogen-bond donors (Lipinski definition) is 0. The first-order chi connectivity index (χ1) is 19.9. The topological polar surface area (TPSA) is 136 Å². The van der Waals surface area contributed by atoms with E-state index < -0.39 is 72.7 Å². The van der Waals surface area contributed by atoms with Crippen LogP contribution in [-0.2, 0) is 42.9 Å². The lowest BCUT2D eigenvalue weighted by atomic mass is 9.97. The summed E-state index contributed by atoms with van der Waals surface area (Å²) < 4.78 is 43.0. The molecule has 5 atom stereocenters. The normalized spacial score (nSPS) is 21.8. The minimum Gasteiger partial charge on any atom is -0.463 e. The summed E-state index contributed by atoms with van der Waals surface area (Å²) in [5.74, 6) is -3.99. The van der Waals surface area contributed by atoms with E-state index in [0.29, 0.717) is 10.9 Å². The molecule has 0 amide bonds. The fourth-order valence-electron chi connectivity index (χ4n) is 4.84. The van der Waals surface area contributed by atoms with E-state index >= 15 is 0 Å². The molecular weight excluding hydrogens is 577 g/mol. The van der Waals surface area contributed by atoms with Crippen molar-refractivity contribution in [2.75, 3.05) is 6.61 Å². The Morgan fingerprint density at radius 1 is 0.833 bits per heavy atom. The summed E-state index contributed by atoms with van der Waals surface area (Å²) in [5.41, 5.74) is 0.667. The van der Waals surface area contributed by atoms with E-state index in [1.165, 1.54) is 29.8 Å². The second kappa shape index (κ2) is 12.7. The first-order valence-electron chi connectivity index (χ1n) is 12.8. The van der Waals surface area contributed by atoms with Crippen molar-refractivity contribution in [3.05, 3.63) is 70.6 Å². The summed E-state index contributed by atoms with van der Waals surface area (Å²) in [6.07, 6.45) is -5.26. The maximum atomic E-state index is 13.6. The molecule has 1 fully saturated rings. The van der Waals surface area contributed by atoms with E-state index in [2.05, 4.69) is 0 Å². The summed E-state index contributed by atoms with van der Waals surface area (Å²) in [5, 5.41) is 0.531. The molecule has 0 aliphatic carbocycles. The zero-order valence-electron chi connectivity index (χ0n) is 23.0. The molecule has 2 heterocycles. The van der Waals surface area contributed by atoms with Gasteiger partial charge in [0.1, 0.15) is 18.5 Å². The summed E-state index contributed by atoms with van der Waals surface area (Å²) >= 11 is 6.55. The van der Waals surface area contributed by atoms with Crippen molar-refractivity contribution < 1.29 is 52.0 Å². The molecule has 0 saturated carbocycles. The number of hydrogen-bond acceptors (Lipinski definition) is 10. The van der Waals surface area contributed by atoms with Crippen LogP contribution in [0, 0.1) is 5.82 Å². The Morgan fingerprint density at radius 3 is 2.02 bits per heavy atom. The number of esters is 4. The lowest BCUT2D eigenvalue weighted by Gasteiger charge is -2.44. The molecule has 0 bridgehead atoms. The smallest absolute Gasteiger partial charge is 0.303 e. The van der Waals surface area contributed by atoms with Crippen molar-refractivity contribution in [3.63, 3.8) is 0 Å². The fourth-order valence-corrected chi connectivity index (χ4v) is 5.11. The SMILES string of the molecule is CC(=O)OC[C@H]1O[C@@H](n2cc(C(=O)c3ccc(F)cc3)c3c(Cl)cccc32)[C@H](OC(C)=O)[C@@H](OC(C)=O)[C@@H]1OC(C)=O. The Morgan fingerprint density at radius 2 is 1.43 bits per heavy atom. The Bertz CT molecular complexity index is 1540. The molecular formula is C29H27ClFNO10. The number of ether oxygens (including phenoxy) is 5. The van der Waals surface area contributed by atoms with E-state index in [9.17, 15) is 28.4 Å². The molecule has 3 aromatic rings. The van der Waals surface area contributed by atoms with Crippen LogP contribution in [0.4, 0.5) is 4.39 Å². The largest absolute Gasteiger partial charge is 0.463 e. The molecule has 0 N–H and O–H groups in total. The predicted molar refractivity (Wildman–Crippen MR) is 144 cm³/mol. The Hall–Kier alpha value is -4.29. The molecule has 1 aromatic heterocycles. The highest BCUT2D eigenvalue weighted by atomic mass is 35.5. The minimum absolute atomic E-state index is 0.120. The molecule has 1 saturated heterocycles. The van der Waals surface area contributed by atoms with Gasteiger partial charge < -0.3 is 28.3 Å². The molecule has 1 aliphatic rings. The van der Waals surface area contributed by atoms with Gasteiger partial charge in [-0.2, -0.15) is 0 Å². The van der Waals surface area contributed by atoms with Crippen molar-refractivity contribution in [2.24, 2.45) is 0 Å². The highest BCUT2D eigenvalue weighted by Crippen LogP contribution is 2.39. The van der Waals surface area contributed by atoms with Crippen LogP contribution in [-0.4, -0.2) is 65.3 Å². The van der Waals surface area contributed by atoms with Gasteiger partial charge in [0.25, 0.3) is 0 Å². The minimum atomic E-state index is -1.41. The van der Waals surface area contributed by atoms with Crippen molar-refractivity contribution >= 4 is 52.2 Å². The van der Waals surface area contributed by atoms with Crippen LogP contribution in [0.1, 0.15) is 49.8 Å². The second-order valence-electron chi connectivity index (χ2n) is 9.51. The van der Waals surface area contributed by atoms with Crippen molar-refractivity contribution in [2.45, 2.75) is 58.3 Å². The summed E-state index contributed by atoms with van der Waals surface area (Å²) in [6.45, 7) is 4.11. The van der Waals surface area contributed by atoms with Crippen LogP contribution in [0.5, 0.6) is 0 Å². The maximum Gasteiger partial charge on any atom is 0.303 e. The van der Waals surface area contributed by atoms with E-state index in [0.717, 1.165) is 32.9 Å². The van der Waals surface area contributed by atoms with Crippen molar-refractivity contribution in [3.8, 4) is 0 Å². The lowest BCUT2D eigenvalue weighted by molar-refractivity contribution is -0.267. The van der Waals surface area contributed by atoms with Gasteiger partial charge in [0, 0.05) is 50.4 Å². The zero-order chi connectivity index (χ0) is 30.7. The number of carbonyl (C=O) groups is 5. The first-order valence-corrected chi connectivity index (χ1v) is 13.1. The molecule has 0 radical (unpaired) electrons. The Balaban J connectivity index is 1.91. The molecule has 0 spiro atoms. The highest BCUT2D eigenvalue weighted by Gasteiger charge is 2.53. The van der Waals surface area contributed by atoms with Gasteiger partial charge in [0.15, 0.2) is 30.3 Å². The number of halogens is 2. The number of carbonyl (C=O) groups excluding carboxylic acids is 5. The van der Waals surface area contributed by atoms with Gasteiger partial charge in [-0.15, -0.1) is 0 Å². The Kier molecular flexibility index (Phi) is 9.27. The molecule has 11 nitrogen and oxygen atoms in total. The van der Waals surface area contributed by atoms with Crippen molar-refractivity contribution in [1.29, 1.82) is 0 Å². The Labute approximate surface area is 244 Å². The summed E-state index contributed by atoms with van der Waals surface area (Å²) in [7, 11) is 0. The van der Waals surface area contributed by atoms with Gasteiger partial charge in [-0.25, -0.2) is 4.39 Å². The van der Waals surface area contributed by atoms with Crippen LogP contribution in [0.3, 0.4) is 0 Å². The number of benzene rings is 2. The van der Waals surface area contributed by atoms with Gasteiger partial charge >= 0.3 is 23.9 Å². The van der Waals surface area contributed by atoms with Crippen LogP contribution >= 0.6 is 11.6 Å². The lowest BCUT2D eigenvalue weighted by Crippen LogP contribution is -2.60. The van der Waals surface area contributed by atoms with Crippen LogP contribution in [0.15, 0.2) is 48.7 Å². The number of aromatic nitrogens is 1. The third kappa shape index (κ3) is 6.60. The molecule has 0 unspecified atom stereocenters. The van der Waals surface area contributed by atoms with Gasteiger partial charge in [0.05, 0.1) is 10.5 Å². The van der Waals surface area contributed by atoms with Gasteiger partial charge in [-0.3, -0.25) is 24.0 Å². The number of ketones is 1. The van der Waals surface area contributed by atoms with Gasteiger partial charge in [0.2, 0.25) is 0 Å². The molecule has 1 aliphatic heterocycles. The molecule has 4 rings (SSSR count). The quantitative estimate of drug-likeness (QED) is 0.212. The maximum absolute atomic E-state index is 13.6. The predicted octanol–water partition coefficient (Wildman–Crippen LogP) is 3.92. The number of fused-ring (bicyclic) bond motifs is 1. The van der Waals surface area contributed by atoms with Gasteiger partial charge in [-0.1, -0.05) is 17.7 Å². The zero-order valence-corrected chi connectivity index (χ0v) is 23.8. The fraction of sp³-hybridized carbons (Fsp3) is 0.345. The van der Waals surface area contributed by atoms with Crippen molar-refractivity contribution in [1.82, 2.24) is 4.57 Å². The molecule has 222 valence electrons. The molecule has 13 heteroatoms. The number of nitrogens with zero attached hydrogens (tertiary/aromatic N) is 1. The molecule has 42 heavy (non-hydrogen) atoms. The third-order valence-corrected chi connectivity index (χ3v) is 6.71. The van der Waals surface area contributed by atoms with E-state index in [1.54, 1.807) is 18.2 Å². The average molecular weight is 604 g/mol. The highest BCUT2D eigenvalue weighted by molar-refractivity contribution is 6.37. The van der Waals surface area contributed by atoms with Crippen LogP contribution in [0.25, 0.3) is 10.9 Å². The molecule has 2 aromatic carbocycles. The number of rotatable bonds is 8. The standard InChI is InChI=1S/C29H27ClFNO10/c1-14(33)38-13-23-26(39-15(2)34)27(40-16(3)35)28(41-17(4)36)29(42-23)32-12-20(24-21(30)6-5-7-22(24)32)25(37)18-8-10-19(31)11-9-18/h5-12,23,26-29H,13H2,1-4H3/t23-,26-,27+,28-,29-/m1/s1. The summed E-state index contributed by atoms with van der Waals surface area (Å²) in [4.78, 5) is 61.8. The second-order valence-corrected chi connectivity index (χ2v) is 9.92. The monoisotopic (exact) mass is 603 g/mol. The van der Waals surface area contributed by atoms with Gasteiger partial charge in [-0.05, 0) is 36.4 Å². The van der Waals surface area contributed by atoms with E-state index in [4.69, 9.17) is 35.3 Å². The van der Waals surface area contributed by atoms with Crippen LogP contribution in [0.2, 0.25) is 5.02 Å². The first kappa shape index (κ1) is 30.7.